The second-order valence-electron chi connectivity index (χ2n) is 10.7. The van der Waals surface area contributed by atoms with Gasteiger partial charge in [0.15, 0.2) is 10.8 Å². The normalized spacial score (nSPS) is 17.9. The minimum absolute atomic E-state index is 0.0484. The number of carbonyl (C=O) groups is 3. The number of hydroxylamine groups is 2. The van der Waals surface area contributed by atoms with E-state index in [4.69, 9.17) is 31.3 Å². The summed E-state index contributed by atoms with van der Waals surface area (Å²) in [7, 11) is -5.02. The minimum atomic E-state index is -5.02. The van der Waals surface area contributed by atoms with Gasteiger partial charge in [0.2, 0.25) is 0 Å². The molecular formula is C24H32N8O10S2. The second kappa shape index (κ2) is 13.1. The molecule has 1 aliphatic rings. The average molecular weight is 657 g/mol. The number of nitrogens with one attached hydrogen (secondary N) is 1. The molecule has 1 saturated heterocycles. The van der Waals surface area contributed by atoms with Crippen molar-refractivity contribution < 1.29 is 46.3 Å². The highest BCUT2D eigenvalue weighted by atomic mass is 32.3. The van der Waals surface area contributed by atoms with Gasteiger partial charge in [0.1, 0.15) is 29.9 Å². The van der Waals surface area contributed by atoms with Crippen LogP contribution in [0, 0.1) is 0 Å². The monoisotopic (exact) mass is 656 g/mol. The number of thiazole rings is 1. The maximum atomic E-state index is 13.1. The highest BCUT2D eigenvalue weighted by molar-refractivity contribution is 7.80. The van der Waals surface area contributed by atoms with Crippen molar-refractivity contribution in [3.05, 3.63) is 40.9 Å². The van der Waals surface area contributed by atoms with E-state index in [1.807, 2.05) is 13.8 Å². The lowest BCUT2D eigenvalue weighted by atomic mass is 9.84. The van der Waals surface area contributed by atoms with Crippen LogP contribution in [0.15, 0.2) is 39.8 Å². The molecule has 1 aromatic carbocycles. The van der Waals surface area contributed by atoms with E-state index in [2.05, 4.69) is 24.7 Å². The zero-order chi connectivity index (χ0) is 33.0. The largest absolute Gasteiger partial charge is 0.489 e. The summed E-state index contributed by atoms with van der Waals surface area (Å²) in [5.74, 6) is -2.98. The summed E-state index contributed by atoms with van der Waals surface area (Å²) < 4.78 is 40.8. The Morgan fingerprint density at radius 1 is 1.27 bits per heavy atom. The number of aliphatic carboxylic acids is 1. The maximum Gasteiger partial charge on any atom is 0.418 e. The van der Waals surface area contributed by atoms with Crippen molar-refractivity contribution in [1.82, 2.24) is 15.4 Å². The van der Waals surface area contributed by atoms with E-state index in [0.29, 0.717) is 17.2 Å². The van der Waals surface area contributed by atoms with E-state index in [0.717, 1.165) is 11.3 Å². The Morgan fingerprint density at radius 3 is 2.41 bits per heavy atom. The van der Waals surface area contributed by atoms with Gasteiger partial charge in [-0.15, -0.1) is 15.6 Å². The molecule has 2 amide bonds. The topological polar surface area (TPSA) is 284 Å². The molecule has 2 heterocycles. The van der Waals surface area contributed by atoms with Crippen LogP contribution in [0.25, 0.3) is 0 Å². The fourth-order valence-electron chi connectivity index (χ4n) is 3.56. The van der Waals surface area contributed by atoms with Gasteiger partial charge < -0.3 is 37.2 Å². The first-order chi connectivity index (χ1) is 20.3. The Kier molecular flexibility index (Phi) is 10.2. The molecule has 44 heavy (non-hydrogen) atoms. The van der Waals surface area contributed by atoms with Crippen molar-refractivity contribution in [1.29, 1.82) is 0 Å². The Hall–Kier alpha value is -4.37. The molecule has 0 saturated carbocycles. The maximum absolute atomic E-state index is 13.1. The second-order valence-corrected chi connectivity index (χ2v) is 12.6. The van der Waals surface area contributed by atoms with E-state index in [9.17, 15) is 27.9 Å². The molecule has 0 spiro atoms. The summed E-state index contributed by atoms with van der Waals surface area (Å²) in [4.78, 5) is 50.8. The Labute approximate surface area is 255 Å². The number of nitrogen functional groups attached to an aromatic ring is 1. The number of carboxylic acids is 1. The van der Waals surface area contributed by atoms with Gasteiger partial charge in [0.25, 0.3) is 17.9 Å². The summed E-state index contributed by atoms with van der Waals surface area (Å²) in [6, 6.07) is 4.98. The third kappa shape index (κ3) is 8.83. The predicted molar refractivity (Wildman–Crippen MR) is 157 cm³/mol. The molecule has 240 valence electrons. The zero-order valence-electron chi connectivity index (χ0n) is 24.0. The molecule has 1 fully saturated rings. The van der Waals surface area contributed by atoms with E-state index < -0.39 is 63.7 Å². The highest BCUT2D eigenvalue weighted by Gasteiger charge is 2.58. The summed E-state index contributed by atoms with van der Waals surface area (Å²) in [5, 5.41) is 17.4. The molecule has 0 bridgehead atoms. The lowest BCUT2D eigenvalue weighted by Crippen LogP contribution is -2.76. The number of carbonyl (C=O) groups excluding carboxylic acids is 2. The van der Waals surface area contributed by atoms with Crippen molar-refractivity contribution >= 4 is 56.2 Å². The first-order valence-electron chi connectivity index (χ1n) is 12.6. The van der Waals surface area contributed by atoms with Gasteiger partial charge in [-0.2, -0.15) is 13.5 Å². The molecule has 0 aliphatic carbocycles. The van der Waals surface area contributed by atoms with E-state index >= 15 is 0 Å². The number of benzene rings is 1. The molecular weight excluding hydrogens is 624 g/mol. The number of nitrogens with zero attached hydrogens (tertiary/aromatic N) is 4. The van der Waals surface area contributed by atoms with Crippen LogP contribution < -0.4 is 27.3 Å². The number of anilines is 1. The van der Waals surface area contributed by atoms with E-state index in [1.54, 1.807) is 12.1 Å². The fourth-order valence-corrected chi connectivity index (χ4v) is 4.56. The summed E-state index contributed by atoms with van der Waals surface area (Å²) in [6.45, 7) is 6.09. The molecule has 0 unspecified atom stereocenters. The molecule has 0 radical (unpaired) electrons. The molecule has 3 rings (SSSR count). The number of nitrogens with two attached hydrogens (primary N) is 3. The van der Waals surface area contributed by atoms with Gasteiger partial charge in [-0.1, -0.05) is 5.16 Å². The number of amidine groups is 1. The number of amides is 2. The van der Waals surface area contributed by atoms with Crippen molar-refractivity contribution in [2.75, 3.05) is 18.9 Å². The number of β-lactam (4-membered cyclic amide) rings is 1. The number of aliphatic imine (C=N–C) groups is 1. The quantitative estimate of drug-likeness (QED) is 0.0480. The average Bonchev–Trinajstić information content (AvgIpc) is 3.35. The third-order valence-corrected chi connectivity index (χ3v) is 6.87. The lowest BCUT2D eigenvalue weighted by Gasteiger charge is -2.50. The minimum Gasteiger partial charge on any atom is -0.489 e. The first-order valence-corrected chi connectivity index (χ1v) is 14.8. The lowest BCUT2D eigenvalue weighted by molar-refractivity contribution is -0.218. The van der Waals surface area contributed by atoms with Crippen molar-refractivity contribution in [3.8, 4) is 5.75 Å². The molecule has 18 nitrogen and oxygen atoms in total. The van der Waals surface area contributed by atoms with Crippen LogP contribution in [0.4, 0.5) is 5.13 Å². The molecule has 1 aliphatic heterocycles. The Bertz CT molecular complexity index is 1570. The number of carboxylic acid groups (broad SMARTS) is 1. The summed E-state index contributed by atoms with van der Waals surface area (Å²) in [5.41, 5.74) is 15.6. The highest BCUT2D eigenvalue weighted by Crippen LogP contribution is 2.33. The number of hydrogen-bond donors (Lipinski definition) is 6. The molecule has 20 heteroatoms. The summed E-state index contributed by atoms with van der Waals surface area (Å²) in [6.07, 6.45) is -1.70. The molecule has 2 aromatic rings. The Balaban J connectivity index is 1.73. The molecule has 2 atom stereocenters. The van der Waals surface area contributed by atoms with Crippen LogP contribution in [0.3, 0.4) is 0 Å². The van der Waals surface area contributed by atoms with Gasteiger partial charge in [-0.3, -0.25) is 19.1 Å². The smallest absolute Gasteiger partial charge is 0.418 e. The standard InChI is InChI=1S/C24H32N8O10S2/c1-23(2,27)11-28-18(25)12-5-7-13(8-6-12)40-9-15(21(35)36)41-31-16(14-10-43-22(26)29-14)19(33)30-17-20(34)32(24(17,3)4)42-44(37,38)39/h5-8,10,15,17H,9,11,27H2,1-4H3,(H2,25,28)(H2,26,29)(H,30,33)(H,35,36)(H,37,38,39)/t15-,17+/m0/s1. The number of oxime groups is 1. The number of aromatic nitrogens is 1. The van der Waals surface area contributed by atoms with Crippen molar-refractivity contribution in [2.24, 2.45) is 21.6 Å². The van der Waals surface area contributed by atoms with Crippen LogP contribution in [-0.4, -0.2) is 93.8 Å². The van der Waals surface area contributed by atoms with Gasteiger partial charge in [-0.25, -0.2) is 9.78 Å². The first kappa shape index (κ1) is 34.1. The fraction of sp³-hybridized carbons (Fsp3) is 0.417. The Morgan fingerprint density at radius 2 is 1.91 bits per heavy atom. The van der Waals surface area contributed by atoms with Crippen LogP contribution in [0.1, 0.15) is 39.0 Å². The van der Waals surface area contributed by atoms with Gasteiger partial charge in [0.05, 0.1) is 12.1 Å². The molecule has 9 N–H and O–H groups in total. The predicted octanol–water partition coefficient (Wildman–Crippen LogP) is -0.739. The van der Waals surface area contributed by atoms with Crippen LogP contribution >= 0.6 is 11.3 Å². The number of rotatable bonds is 14. The van der Waals surface area contributed by atoms with Gasteiger partial charge in [-0.05, 0) is 52.0 Å². The summed E-state index contributed by atoms with van der Waals surface area (Å²) >= 11 is 0.947. The van der Waals surface area contributed by atoms with Gasteiger partial charge >= 0.3 is 16.4 Å². The van der Waals surface area contributed by atoms with Crippen molar-refractivity contribution in [3.63, 3.8) is 0 Å². The zero-order valence-corrected chi connectivity index (χ0v) is 25.6. The van der Waals surface area contributed by atoms with Gasteiger partial charge in [0, 0.05) is 16.5 Å². The molecule has 1 aromatic heterocycles. The number of ether oxygens (including phenoxy) is 1. The SMILES string of the molecule is CC(C)(N)CN=C(N)c1ccc(OC[C@H](ON=C(C(=O)N[C@@H]2C(=O)N(OS(=O)(=O)O)C2(C)C)c2csc(N)n2)C(=O)O)cc1. The third-order valence-electron chi connectivity index (χ3n) is 5.86. The van der Waals surface area contributed by atoms with Crippen LogP contribution in [0.2, 0.25) is 0 Å². The van der Waals surface area contributed by atoms with Crippen LogP contribution in [-0.2, 0) is 33.9 Å². The van der Waals surface area contributed by atoms with Crippen LogP contribution in [0.5, 0.6) is 5.75 Å². The van der Waals surface area contributed by atoms with E-state index in [1.165, 1.54) is 31.4 Å². The number of hydrogen-bond acceptors (Lipinski definition) is 14. The van der Waals surface area contributed by atoms with Crippen molar-refractivity contribution in [2.45, 2.75) is 50.9 Å². The van der Waals surface area contributed by atoms with E-state index in [-0.39, 0.29) is 22.4 Å².